The molecule has 1 heterocycles. The van der Waals surface area contributed by atoms with Crippen LogP contribution in [0.25, 0.3) is 0 Å². The van der Waals surface area contributed by atoms with E-state index in [0.717, 1.165) is 38.2 Å². The van der Waals surface area contributed by atoms with Crippen molar-refractivity contribution in [3.8, 4) is 0 Å². The first-order chi connectivity index (χ1) is 8.29. The molecule has 1 N–H and O–H groups in total. The first kappa shape index (κ1) is 12.7. The SMILES string of the molecule is CN=C(NCC1CCC1)N(C)CC1CCOC1. The molecule has 0 amide bonds. The van der Waals surface area contributed by atoms with E-state index >= 15 is 0 Å². The largest absolute Gasteiger partial charge is 0.381 e. The third-order valence-corrected chi connectivity index (χ3v) is 3.90. The minimum Gasteiger partial charge on any atom is -0.381 e. The maximum Gasteiger partial charge on any atom is 0.193 e. The van der Waals surface area contributed by atoms with Gasteiger partial charge in [0.2, 0.25) is 0 Å². The van der Waals surface area contributed by atoms with E-state index in [9.17, 15) is 0 Å². The average Bonchev–Trinajstić information content (AvgIpc) is 2.74. The van der Waals surface area contributed by atoms with Crippen LogP contribution in [0.3, 0.4) is 0 Å². The molecule has 4 nitrogen and oxygen atoms in total. The molecule has 0 aromatic rings. The Morgan fingerprint density at radius 3 is 2.71 bits per heavy atom. The molecule has 0 aromatic carbocycles. The van der Waals surface area contributed by atoms with Crippen molar-refractivity contribution in [2.75, 3.05) is 40.4 Å². The molecule has 2 fully saturated rings. The van der Waals surface area contributed by atoms with Crippen LogP contribution in [0.1, 0.15) is 25.7 Å². The average molecular weight is 239 g/mol. The predicted octanol–water partition coefficient (Wildman–Crippen LogP) is 1.33. The van der Waals surface area contributed by atoms with Gasteiger partial charge >= 0.3 is 0 Å². The molecule has 1 atom stereocenters. The lowest BCUT2D eigenvalue weighted by Gasteiger charge is -2.29. The van der Waals surface area contributed by atoms with Gasteiger partial charge in [0.25, 0.3) is 0 Å². The normalized spacial score (nSPS) is 25.8. The highest BCUT2D eigenvalue weighted by Crippen LogP contribution is 2.25. The van der Waals surface area contributed by atoms with Crippen LogP contribution >= 0.6 is 0 Å². The topological polar surface area (TPSA) is 36.9 Å². The lowest BCUT2D eigenvalue weighted by Crippen LogP contribution is -2.43. The van der Waals surface area contributed by atoms with E-state index in [4.69, 9.17) is 4.74 Å². The minimum atomic E-state index is 0.669. The van der Waals surface area contributed by atoms with Gasteiger partial charge < -0.3 is 15.0 Å². The fourth-order valence-corrected chi connectivity index (χ4v) is 2.52. The van der Waals surface area contributed by atoms with Crippen LogP contribution in [-0.4, -0.2) is 51.3 Å². The highest BCUT2D eigenvalue weighted by molar-refractivity contribution is 5.79. The maximum absolute atomic E-state index is 5.41. The number of aliphatic imine (C=N–C) groups is 1. The van der Waals surface area contributed by atoms with Gasteiger partial charge in [-0.15, -0.1) is 0 Å². The Bertz CT molecular complexity index is 257. The van der Waals surface area contributed by atoms with Crippen molar-refractivity contribution in [1.82, 2.24) is 10.2 Å². The molecular weight excluding hydrogens is 214 g/mol. The van der Waals surface area contributed by atoms with E-state index in [-0.39, 0.29) is 0 Å². The number of rotatable bonds is 4. The van der Waals surface area contributed by atoms with E-state index < -0.39 is 0 Å². The Morgan fingerprint density at radius 1 is 1.35 bits per heavy atom. The molecule has 1 unspecified atom stereocenters. The van der Waals surface area contributed by atoms with Crippen molar-refractivity contribution >= 4 is 5.96 Å². The highest BCUT2D eigenvalue weighted by atomic mass is 16.5. The first-order valence-electron chi connectivity index (χ1n) is 6.79. The van der Waals surface area contributed by atoms with Crippen LogP contribution < -0.4 is 5.32 Å². The van der Waals surface area contributed by atoms with Crippen LogP contribution in [0, 0.1) is 11.8 Å². The lowest BCUT2D eigenvalue weighted by atomic mass is 9.85. The highest BCUT2D eigenvalue weighted by Gasteiger charge is 2.21. The van der Waals surface area contributed by atoms with Crippen molar-refractivity contribution in [3.05, 3.63) is 0 Å². The number of ether oxygens (including phenoxy) is 1. The lowest BCUT2D eigenvalue weighted by molar-refractivity contribution is 0.181. The van der Waals surface area contributed by atoms with Gasteiger partial charge in [0.15, 0.2) is 5.96 Å². The van der Waals surface area contributed by atoms with Gasteiger partial charge in [0.1, 0.15) is 0 Å². The van der Waals surface area contributed by atoms with Crippen molar-refractivity contribution in [2.45, 2.75) is 25.7 Å². The quantitative estimate of drug-likeness (QED) is 0.594. The molecule has 2 rings (SSSR count). The van der Waals surface area contributed by atoms with Gasteiger partial charge in [-0.25, -0.2) is 0 Å². The van der Waals surface area contributed by atoms with Crippen LogP contribution in [0.2, 0.25) is 0 Å². The summed E-state index contributed by atoms with van der Waals surface area (Å²) in [4.78, 5) is 6.59. The first-order valence-corrected chi connectivity index (χ1v) is 6.79. The van der Waals surface area contributed by atoms with Gasteiger partial charge in [0.05, 0.1) is 6.61 Å². The van der Waals surface area contributed by atoms with E-state index in [1.165, 1.54) is 25.7 Å². The molecule has 0 aromatic heterocycles. The fraction of sp³-hybridized carbons (Fsp3) is 0.923. The van der Waals surface area contributed by atoms with Crippen molar-refractivity contribution in [2.24, 2.45) is 16.8 Å². The Labute approximate surface area is 104 Å². The summed E-state index contributed by atoms with van der Waals surface area (Å²) in [6, 6.07) is 0. The number of nitrogens with zero attached hydrogens (tertiary/aromatic N) is 2. The smallest absolute Gasteiger partial charge is 0.193 e. The van der Waals surface area contributed by atoms with E-state index in [1.54, 1.807) is 0 Å². The van der Waals surface area contributed by atoms with E-state index in [0.29, 0.717) is 5.92 Å². The molecule has 4 heteroatoms. The van der Waals surface area contributed by atoms with Crippen molar-refractivity contribution in [1.29, 1.82) is 0 Å². The molecule has 1 aliphatic carbocycles. The van der Waals surface area contributed by atoms with Crippen molar-refractivity contribution < 1.29 is 4.74 Å². The third kappa shape index (κ3) is 3.60. The summed E-state index contributed by atoms with van der Waals surface area (Å²) in [6.07, 6.45) is 5.35. The van der Waals surface area contributed by atoms with Gasteiger partial charge in [-0.2, -0.15) is 0 Å². The van der Waals surface area contributed by atoms with Gasteiger partial charge in [-0.05, 0) is 25.2 Å². The summed E-state index contributed by atoms with van der Waals surface area (Å²) in [7, 11) is 3.99. The van der Waals surface area contributed by atoms with Crippen molar-refractivity contribution in [3.63, 3.8) is 0 Å². The van der Waals surface area contributed by atoms with E-state index in [1.807, 2.05) is 7.05 Å². The van der Waals surface area contributed by atoms with E-state index in [2.05, 4.69) is 22.3 Å². The molecule has 0 spiro atoms. The standard InChI is InChI=1S/C13H25N3O/c1-14-13(15-8-11-4-3-5-11)16(2)9-12-6-7-17-10-12/h11-12H,3-10H2,1-2H3,(H,14,15). The zero-order valence-electron chi connectivity index (χ0n) is 11.1. The monoisotopic (exact) mass is 239 g/mol. The Kier molecular flexibility index (Phi) is 4.66. The summed E-state index contributed by atoms with van der Waals surface area (Å²) in [5.74, 6) is 2.57. The molecule has 0 bridgehead atoms. The summed E-state index contributed by atoms with van der Waals surface area (Å²) in [6.45, 7) is 3.96. The zero-order valence-corrected chi connectivity index (χ0v) is 11.1. The third-order valence-electron chi connectivity index (χ3n) is 3.90. The molecule has 17 heavy (non-hydrogen) atoms. The number of nitrogens with one attached hydrogen (secondary N) is 1. The summed E-state index contributed by atoms with van der Waals surface area (Å²) >= 11 is 0. The minimum absolute atomic E-state index is 0.669. The molecular formula is C13H25N3O. The molecule has 98 valence electrons. The summed E-state index contributed by atoms with van der Waals surface area (Å²) in [5.41, 5.74) is 0. The second-order valence-corrected chi connectivity index (χ2v) is 5.34. The van der Waals surface area contributed by atoms with Gasteiger partial charge in [-0.3, -0.25) is 4.99 Å². The van der Waals surface area contributed by atoms with Gasteiger partial charge in [-0.1, -0.05) is 6.42 Å². The second kappa shape index (κ2) is 6.24. The summed E-state index contributed by atoms with van der Waals surface area (Å²) < 4.78 is 5.41. The molecule has 1 aliphatic heterocycles. The van der Waals surface area contributed by atoms with Crippen LogP contribution in [0.5, 0.6) is 0 Å². The predicted molar refractivity (Wildman–Crippen MR) is 70.3 cm³/mol. The van der Waals surface area contributed by atoms with Crippen LogP contribution in [0.4, 0.5) is 0 Å². The molecule has 0 radical (unpaired) electrons. The Hall–Kier alpha value is -0.770. The zero-order chi connectivity index (χ0) is 12.1. The van der Waals surface area contributed by atoms with Crippen LogP contribution in [-0.2, 0) is 4.74 Å². The number of hydrogen-bond donors (Lipinski definition) is 1. The fourth-order valence-electron chi connectivity index (χ4n) is 2.52. The Morgan fingerprint density at radius 2 is 2.18 bits per heavy atom. The van der Waals surface area contributed by atoms with Crippen LogP contribution in [0.15, 0.2) is 4.99 Å². The number of guanidine groups is 1. The summed E-state index contributed by atoms with van der Waals surface area (Å²) in [5, 5.41) is 3.48. The molecule has 2 aliphatic rings. The maximum atomic E-state index is 5.41. The molecule has 1 saturated carbocycles. The van der Waals surface area contributed by atoms with Gasteiger partial charge in [0, 0.05) is 39.7 Å². The Balaban J connectivity index is 1.71. The second-order valence-electron chi connectivity index (χ2n) is 5.34. The number of hydrogen-bond acceptors (Lipinski definition) is 2. The molecule has 1 saturated heterocycles.